The maximum absolute atomic E-state index is 12.6. The van der Waals surface area contributed by atoms with Crippen LogP contribution in [0.15, 0.2) is 36.4 Å². The molecule has 2 aromatic rings. The van der Waals surface area contributed by atoms with Crippen LogP contribution in [0.5, 0.6) is 0 Å². The summed E-state index contributed by atoms with van der Waals surface area (Å²) in [7, 11) is -2.51. The molecule has 4 heteroatoms. The van der Waals surface area contributed by atoms with Gasteiger partial charge in [0.2, 0.25) is 5.52 Å². The molecule has 2 N–H and O–H groups in total. The topological polar surface area (TPSA) is 60.2 Å². The number of rotatable bonds is 4. The van der Waals surface area contributed by atoms with Crippen LogP contribution in [0.4, 0.5) is 0 Å². The average Bonchev–Trinajstić information content (AvgIpc) is 2.45. The van der Waals surface area contributed by atoms with E-state index in [0.717, 1.165) is 22.3 Å². The Balaban J connectivity index is 2.37. The third-order valence-electron chi connectivity index (χ3n) is 3.56. The first-order valence-corrected chi connectivity index (χ1v) is 8.30. The van der Waals surface area contributed by atoms with Gasteiger partial charge >= 0.3 is 0 Å². The molecular formula is C17H20NO2P. The van der Waals surface area contributed by atoms with Crippen LogP contribution in [0, 0.1) is 20.8 Å². The monoisotopic (exact) mass is 301 g/mol. The van der Waals surface area contributed by atoms with Crippen LogP contribution in [-0.2, 0) is 11.1 Å². The first kappa shape index (κ1) is 15.7. The molecule has 0 aromatic heterocycles. The molecule has 0 spiro atoms. The summed E-state index contributed by atoms with van der Waals surface area (Å²) in [5.74, 6) is 0. The Bertz CT molecular complexity index is 682. The Labute approximate surface area is 126 Å². The van der Waals surface area contributed by atoms with Crippen molar-refractivity contribution in [2.24, 2.45) is 5.73 Å². The Morgan fingerprint density at radius 1 is 1.05 bits per heavy atom. The lowest BCUT2D eigenvalue weighted by Gasteiger charge is -2.10. The number of nitrogens with two attached hydrogens (primary N) is 1. The van der Waals surface area contributed by atoms with Crippen molar-refractivity contribution < 1.29 is 9.36 Å². The minimum atomic E-state index is -2.51. The molecule has 0 amide bonds. The van der Waals surface area contributed by atoms with Gasteiger partial charge in [0.25, 0.3) is 0 Å². The molecule has 3 nitrogen and oxygen atoms in total. The maximum Gasteiger partial charge on any atom is 0.223 e. The smallest absolute Gasteiger partial charge is 0.223 e. The van der Waals surface area contributed by atoms with Gasteiger partial charge in [-0.3, -0.25) is 4.79 Å². The normalized spacial score (nSPS) is 12.2. The van der Waals surface area contributed by atoms with Gasteiger partial charge in [0, 0.05) is 17.4 Å². The third kappa shape index (κ3) is 3.31. The highest BCUT2D eigenvalue weighted by Crippen LogP contribution is 2.30. The average molecular weight is 301 g/mol. The zero-order valence-electron chi connectivity index (χ0n) is 12.6. The van der Waals surface area contributed by atoms with E-state index in [0.29, 0.717) is 17.4 Å². The van der Waals surface area contributed by atoms with Crippen molar-refractivity contribution in [3.63, 3.8) is 0 Å². The fourth-order valence-corrected chi connectivity index (χ4v) is 3.93. The van der Waals surface area contributed by atoms with Gasteiger partial charge in [-0.05, 0) is 37.5 Å². The highest BCUT2D eigenvalue weighted by Gasteiger charge is 2.20. The Hall–Kier alpha value is -1.70. The Morgan fingerprint density at radius 2 is 1.57 bits per heavy atom. The van der Waals surface area contributed by atoms with E-state index in [1.165, 1.54) is 0 Å². The fourth-order valence-electron chi connectivity index (χ4n) is 2.58. The number of benzene rings is 2. The van der Waals surface area contributed by atoms with Gasteiger partial charge in [0.15, 0.2) is 7.80 Å². The zero-order chi connectivity index (χ0) is 15.6. The highest BCUT2D eigenvalue weighted by atomic mass is 31.1. The lowest BCUT2D eigenvalue weighted by molar-refractivity contribution is 0.107. The summed E-state index contributed by atoms with van der Waals surface area (Å²) in [6.45, 7) is 6.20. The SMILES string of the molecule is Cc1cc(C)c(C(=O)[PH](=O)c2ccc(CN)cc2)c(C)c1. The van der Waals surface area contributed by atoms with Crippen molar-refractivity contribution in [3.8, 4) is 0 Å². The molecule has 1 atom stereocenters. The molecule has 2 rings (SSSR count). The van der Waals surface area contributed by atoms with Gasteiger partial charge in [-0.25, -0.2) is 0 Å². The van der Waals surface area contributed by atoms with Crippen LogP contribution >= 0.6 is 7.80 Å². The molecule has 1 unspecified atom stereocenters. The summed E-state index contributed by atoms with van der Waals surface area (Å²) in [6.07, 6.45) is 0. The van der Waals surface area contributed by atoms with Crippen molar-refractivity contribution in [2.45, 2.75) is 27.3 Å². The number of carbonyl (C=O) groups is 1. The molecule has 0 aliphatic heterocycles. The van der Waals surface area contributed by atoms with Crippen LogP contribution < -0.4 is 11.0 Å². The predicted octanol–water partition coefficient (Wildman–Crippen LogP) is 3.10. The Morgan fingerprint density at radius 3 is 2.05 bits per heavy atom. The molecule has 2 aromatic carbocycles. The number of hydrogen-bond acceptors (Lipinski definition) is 3. The van der Waals surface area contributed by atoms with E-state index < -0.39 is 7.80 Å². The van der Waals surface area contributed by atoms with Crippen molar-refractivity contribution in [1.29, 1.82) is 0 Å². The minimum Gasteiger partial charge on any atom is -0.326 e. The van der Waals surface area contributed by atoms with Crippen molar-refractivity contribution in [1.82, 2.24) is 0 Å². The summed E-state index contributed by atoms with van der Waals surface area (Å²) in [5.41, 5.74) is 9.70. The second kappa shape index (κ2) is 6.38. The summed E-state index contributed by atoms with van der Waals surface area (Å²) in [6, 6.07) is 11.0. The van der Waals surface area contributed by atoms with E-state index in [9.17, 15) is 9.36 Å². The van der Waals surface area contributed by atoms with E-state index in [2.05, 4.69) is 0 Å². The zero-order valence-corrected chi connectivity index (χ0v) is 13.6. The third-order valence-corrected chi connectivity index (χ3v) is 5.08. The molecule has 110 valence electrons. The standard InChI is InChI=1S/C17H20NO2P/c1-11-8-12(2)16(13(3)9-11)17(19)21(20)15-6-4-14(10-18)5-7-15/h4-9,21H,10,18H2,1-3H3. The minimum absolute atomic E-state index is 0.268. The van der Waals surface area contributed by atoms with Crippen LogP contribution in [0.1, 0.15) is 32.6 Å². The van der Waals surface area contributed by atoms with Crippen molar-refractivity contribution in [3.05, 3.63) is 64.2 Å². The van der Waals surface area contributed by atoms with E-state index >= 15 is 0 Å². The van der Waals surface area contributed by atoms with Crippen molar-refractivity contribution in [2.75, 3.05) is 0 Å². The molecule has 21 heavy (non-hydrogen) atoms. The second-order valence-electron chi connectivity index (χ2n) is 5.33. The molecule has 0 heterocycles. The lowest BCUT2D eigenvalue weighted by atomic mass is 10.0. The lowest BCUT2D eigenvalue weighted by Crippen LogP contribution is -2.08. The Kier molecular flexibility index (Phi) is 4.76. The summed E-state index contributed by atoms with van der Waals surface area (Å²) < 4.78 is 12.5. The van der Waals surface area contributed by atoms with Gasteiger partial charge < -0.3 is 10.3 Å². The van der Waals surface area contributed by atoms with Gasteiger partial charge in [-0.2, -0.15) is 0 Å². The molecule has 0 saturated heterocycles. The molecule has 0 fully saturated rings. The van der Waals surface area contributed by atoms with E-state index in [4.69, 9.17) is 5.73 Å². The summed E-state index contributed by atoms with van der Waals surface area (Å²) in [5, 5.41) is 0.585. The maximum atomic E-state index is 12.6. The van der Waals surface area contributed by atoms with Gasteiger partial charge in [-0.1, -0.05) is 42.0 Å². The summed E-state index contributed by atoms with van der Waals surface area (Å²) >= 11 is 0. The molecule has 0 radical (unpaired) electrons. The van der Waals surface area contributed by atoms with E-state index in [1.807, 2.05) is 45.0 Å². The summed E-state index contributed by atoms with van der Waals surface area (Å²) in [4.78, 5) is 12.6. The fraction of sp³-hybridized carbons (Fsp3) is 0.235. The number of aryl methyl sites for hydroxylation is 3. The van der Waals surface area contributed by atoms with Gasteiger partial charge in [0.1, 0.15) is 0 Å². The van der Waals surface area contributed by atoms with Crippen LogP contribution in [0.3, 0.4) is 0 Å². The van der Waals surface area contributed by atoms with Crippen LogP contribution in [0.2, 0.25) is 0 Å². The van der Waals surface area contributed by atoms with Gasteiger partial charge in [0.05, 0.1) is 0 Å². The number of carbonyl (C=O) groups excluding carboxylic acids is 1. The van der Waals surface area contributed by atoms with Crippen LogP contribution in [0.25, 0.3) is 0 Å². The largest absolute Gasteiger partial charge is 0.326 e. The molecule has 0 aliphatic carbocycles. The van der Waals surface area contributed by atoms with Crippen molar-refractivity contribution >= 4 is 18.6 Å². The van der Waals surface area contributed by atoms with Gasteiger partial charge in [-0.15, -0.1) is 0 Å². The molecule has 0 bridgehead atoms. The number of hydrogen-bond donors (Lipinski definition) is 1. The van der Waals surface area contributed by atoms with Crippen LogP contribution in [-0.4, -0.2) is 5.52 Å². The highest BCUT2D eigenvalue weighted by molar-refractivity contribution is 7.71. The molecule has 0 aliphatic rings. The predicted molar refractivity (Wildman–Crippen MR) is 88.0 cm³/mol. The van der Waals surface area contributed by atoms with E-state index in [1.54, 1.807) is 12.1 Å². The first-order valence-electron chi connectivity index (χ1n) is 6.90. The van der Waals surface area contributed by atoms with E-state index in [-0.39, 0.29) is 5.52 Å². The quantitative estimate of drug-likeness (QED) is 0.883. The first-order chi connectivity index (χ1) is 9.93. The second-order valence-corrected chi connectivity index (χ2v) is 7.02. The molecule has 0 saturated carbocycles. The molecular weight excluding hydrogens is 281 g/mol.